The predicted octanol–water partition coefficient (Wildman–Crippen LogP) is 5.06. The van der Waals surface area contributed by atoms with Crippen molar-refractivity contribution in [2.45, 2.75) is 228 Å². The fourth-order valence-electron chi connectivity index (χ4n) is 11.6. The van der Waals surface area contributed by atoms with Crippen LogP contribution in [0.15, 0.2) is 35.2 Å². The average Bonchev–Trinajstić information content (AvgIpc) is 0.824. The van der Waals surface area contributed by atoms with Crippen molar-refractivity contribution in [2.24, 2.45) is 41.4 Å². The number of thioether (sulfide) groups is 1. The van der Waals surface area contributed by atoms with E-state index in [0.29, 0.717) is 12.2 Å². The van der Waals surface area contributed by atoms with E-state index in [1.165, 1.54) is 94.6 Å². The number of nitrogens with one attached hydrogen (secondary N) is 4. The number of carbonyl (C=O) groups is 12. The molecule has 0 radical (unpaired) electrons. The second-order valence-electron chi connectivity index (χ2n) is 27.8. The minimum absolute atomic E-state index is 0.00761. The first-order chi connectivity index (χ1) is 43.1. The summed E-state index contributed by atoms with van der Waals surface area (Å²) in [6, 6.07) is -2.96. The van der Waals surface area contributed by atoms with Gasteiger partial charge in [-0.1, -0.05) is 115 Å². The van der Waals surface area contributed by atoms with E-state index in [2.05, 4.69) is 21.3 Å². The highest BCUT2D eigenvalue weighted by Gasteiger charge is 2.47. The van der Waals surface area contributed by atoms with E-state index < -0.39 is 162 Å². The number of benzene rings is 1. The van der Waals surface area contributed by atoms with E-state index in [0.717, 1.165) is 14.7 Å². The summed E-state index contributed by atoms with van der Waals surface area (Å²) < 4.78 is 6.06. The van der Waals surface area contributed by atoms with Crippen LogP contribution in [-0.2, 0) is 62.3 Å². The van der Waals surface area contributed by atoms with Gasteiger partial charge in [0.2, 0.25) is 65.0 Å². The number of ether oxygens (including phenoxy) is 1. The summed E-state index contributed by atoms with van der Waals surface area (Å²) >= 11 is 1.54. The smallest absolute Gasteiger partial charge is 0.303 e. The maximum absolute atomic E-state index is 15.6. The molecule has 0 saturated carbocycles. The average molecular weight is 1330 g/mol. The summed E-state index contributed by atoms with van der Waals surface area (Å²) in [7, 11) is 9.94. The van der Waals surface area contributed by atoms with Gasteiger partial charge in [-0.3, -0.25) is 57.5 Å². The molecule has 2 rings (SSSR count). The van der Waals surface area contributed by atoms with Gasteiger partial charge in [-0.25, -0.2) is 0 Å². The highest BCUT2D eigenvalue weighted by atomic mass is 32.2. The van der Waals surface area contributed by atoms with Gasteiger partial charge in [0.25, 0.3) is 0 Å². The third-order valence-electron chi connectivity index (χ3n) is 17.2. The standard InChI is InChI=1S/C68H115N11O13S/c1-25-49-64(87)73(18)37-54(81)74(19)50(33-38(2)3)61(84)72-55(42(10)11)67(90)75(20)51(34-39(4)5)60(83)69-45(15)59(82)70-46(16)63(86)76(21)52(35-40(6)7)65(88)77(22)53(36-41(8)9)66(89)78(23)56(43(12)13)68(91)79(24)57(62(85)71-49)58(92-47(17)80)44(14)31-32-93-48-29-27-26-28-30-48/h26-30,38-46,49-53,55-58H,25,31-37H2,1-24H3,(H,69,83)(H,70,82)(H,71,85)(H,72,84)/t44-,45+,46-,49+,50+,51+,52+,53+,55+,56+,57+,58-/m1/s1. The molecule has 1 fully saturated rings. The summed E-state index contributed by atoms with van der Waals surface area (Å²) in [5.74, 6) is -10.2. The number of esters is 1. The Balaban J connectivity index is 3.05. The van der Waals surface area contributed by atoms with Gasteiger partial charge in [-0.05, 0) is 112 Å². The van der Waals surface area contributed by atoms with Gasteiger partial charge in [0, 0.05) is 61.2 Å². The number of amides is 11. The van der Waals surface area contributed by atoms with Crippen molar-refractivity contribution in [2.75, 3.05) is 61.6 Å². The molecule has 526 valence electrons. The molecule has 4 N–H and O–H groups in total. The maximum Gasteiger partial charge on any atom is 0.303 e. The molecule has 0 aliphatic carbocycles. The van der Waals surface area contributed by atoms with E-state index in [9.17, 15) is 38.4 Å². The second-order valence-corrected chi connectivity index (χ2v) is 29.0. The molecule has 0 aromatic heterocycles. The van der Waals surface area contributed by atoms with Crippen LogP contribution in [0, 0.1) is 41.4 Å². The summed E-state index contributed by atoms with van der Waals surface area (Å²) in [5.41, 5.74) is 0. The van der Waals surface area contributed by atoms with Gasteiger partial charge in [-0.15, -0.1) is 11.8 Å². The number of nitrogens with zero attached hydrogens (tertiary/aromatic N) is 7. The Labute approximate surface area is 559 Å². The molecule has 1 aliphatic heterocycles. The second kappa shape index (κ2) is 37.9. The molecule has 11 amide bonds. The molecule has 0 spiro atoms. The number of carbonyl (C=O) groups excluding carboxylic acids is 12. The van der Waals surface area contributed by atoms with Gasteiger partial charge in [0.1, 0.15) is 66.5 Å². The molecule has 25 heteroatoms. The zero-order valence-electron chi connectivity index (χ0n) is 60.3. The lowest BCUT2D eigenvalue weighted by molar-refractivity contribution is -0.164. The molecule has 1 heterocycles. The molecule has 1 saturated heterocycles. The minimum Gasteiger partial charge on any atom is -0.460 e. The Morgan fingerprint density at radius 2 is 0.935 bits per heavy atom. The topological polar surface area (TPSA) is 285 Å². The molecule has 24 nitrogen and oxygen atoms in total. The van der Waals surface area contributed by atoms with E-state index in [-0.39, 0.29) is 55.8 Å². The normalized spacial score (nSPS) is 25.4. The Morgan fingerprint density at radius 3 is 1.41 bits per heavy atom. The van der Waals surface area contributed by atoms with E-state index >= 15 is 19.2 Å². The van der Waals surface area contributed by atoms with Crippen molar-refractivity contribution in [3.05, 3.63) is 30.3 Å². The largest absolute Gasteiger partial charge is 0.460 e. The third kappa shape index (κ3) is 23.9. The number of hydrogen-bond donors (Lipinski definition) is 4. The van der Waals surface area contributed by atoms with Crippen LogP contribution < -0.4 is 21.3 Å². The molecular formula is C68H115N11O13S. The summed E-state index contributed by atoms with van der Waals surface area (Å²) in [4.78, 5) is 185. The molecule has 93 heavy (non-hydrogen) atoms. The maximum atomic E-state index is 15.6. The fraction of sp³-hybridized carbons (Fsp3) is 0.735. The van der Waals surface area contributed by atoms with Crippen molar-refractivity contribution in [1.29, 1.82) is 0 Å². The van der Waals surface area contributed by atoms with Gasteiger partial charge >= 0.3 is 5.97 Å². The van der Waals surface area contributed by atoms with Crippen LogP contribution in [-0.4, -0.2) is 233 Å². The summed E-state index contributed by atoms with van der Waals surface area (Å²) in [6.45, 7) is 28.8. The first kappa shape index (κ1) is 82.3. The first-order valence-electron chi connectivity index (χ1n) is 33.0. The lowest BCUT2D eigenvalue weighted by atomic mass is 9.91. The monoisotopic (exact) mass is 1330 g/mol. The molecule has 1 aromatic rings. The van der Waals surface area contributed by atoms with Crippen LogP contribution in [0.1, 0.15) is 156 Å². The van der Waals surface area contributed by atoms with E-state index in [1.54, 1.807) is 53.3 Å². The Hall–Kier alpha value is -6.79. The van der Waals surface area contributed by atoms with Crippen LogP contribution in [0.2, 0.25) is 0 Å². The molecule has 0 bridgehead atoms. The zero-order valence-corrected chi connectivity index (χ0v) is 61.1. The highest BCUT2D eigenvalue weighted by molar-refractivity contribution is 7.99. The van der Waals surface area contributed by atoms with Crippen LogP contribution in [0.3, 0.4) is 0 Å². The molecular weight excluding hydrogens is 1210 g/mol. The lowest BCUT2D eigenvalue weighted by Crippen LogP contribution is -2.64. The Kier molecular flexibility index (Phi) is 33.6. The minimum atomic E-state index is -1.62. The SMILES string of the molecule is CC[C@@H]1NC(=O)[C@H]([C@H](OC(C)=O)[C@H](C)CCSc2ccccc2)N(C)C(=O)[C@H](C(C)C)N(C)C(=O)[C@H](CC(C)C)N(C)C(=O)[C@H](CC(C)C)N(C)C(=O)[C@@H](C)NC(=O)[C@H](C)NC(=O)[C@H](CC(C)C)N(C)C(=O)[C@H](C(C)C)NC(=O)[C@H](CC(C)C)N(C)C(=O)CN(C)C1=O. The van der Waals surface area contributed by atoms with Crippen molar-refractivity contribution in [3.63, 3.8) is 0 Å². The van der Waals surface area contributed by atoms with Crippen LogP contribution in [0.5, 0.6) is 0 Å². The van der Waals surface area contributed by atoms with E-state index in [4.69, 9.17) is 4.74 Å². The Bertz CT molecular complexity index is 2710. The van der Waals surface area contributed by atoms with Crippen LogP contribution >= 0.6 is 11.8 Å². The van der Waals surface area contributed by atoms with Gasteiger partial charge in [0.15, 0.2) is 0 Å². The van der Waals surface area contributed by atoms with Crippen molar-refractivity contribution < 1.29 is 62.3 Å². The van der Waals surface area contributed by atoms with E-state index in [1.807, 2.05) is 85.7 Å². The first-order valence-corrected chi connectivity index (χ1v) is 34.0. The fourth-order valence-corrected chi connectivity index (χ4v) is 12.7. The number of rotatable bonds is 18. The molecule has 1 aliphatic rings. The van der Waals surface area contributed by atoms with Gasteiger partial charge < -0.3 is 60.3 Å². The third-order valence-corrected chi connectivity index (χ3v) is 18.2. The van der Waals surface area contributed by atoms with Crippen molar-refractivity contribution in [1.82, 2.24) is 55.6 Å². The van der Waals surface area contributed by atoms with Crippen LogP contribution in [0.25, 0.3) is 0 Å². The van der Waals surface area contributed by atoms with Gasteiger partial charge in [-0.2, -0.15) is 0 Å². The molecule has 1 aromatic carbocycles. The molecule has 12 atom stereocenters. The van der Waals surface area contributed by atoms with Crippen molar-refractivity contribution in [3.8, 4) is 0 Å². The molecule has 0 unspecified atom stereocenters. The van der Waals surface area contributed by atoms with Crippen molar-refractivity contribution >= 4 is 82.7 Å². The summed E-state index contributed by atoms with van der Waals surface area (Å²) in [5, 5.41) is 11.1. The zero-order chi connectivity index (χ0) is 71.4. The number of hydrogen-bond acceptors (Lipinski definition) is 14. The van der Waals surface area contributed by atoms with Crippen LogP contribution in [0.4, 0.5) is 0 Å². The number of likely N-dealkylation sites (N-methyl/N-ethyl adjacent to an activating group) is 7. The quantitative estimate of drug-likeness (QED) is 0.111. The lowest BCUT2D eigenvalue weighted by Gasteiger charge is -2.42. The Morgan fingerprint density at radius 1 is 0.495 bits per heavy atom. The summed E-state index contributed by atoms with van der Waals surface area (Å²) in [6.07, 6.45) is -0.390. The highest BCUT2D eigenvalue weighted by Crippen LogP contribution is 2.29. The predicted molar refractivity (Wildman–Crippen MR) is 360 cm³/mol. The van der Waals surface area contributed by atoms with Gasteiger partial charge in [0.05, 0.1) is 6.54 Å².